The number of sulfonamides is 1. The number of hydrogen-bond donors (Lipinski definition) is 1. The maximum absolute atomic E-state index is 12.8. The van der Waals surface area contributed by atoms with Crippen molar-refractivity contribution >= 4 is 21.4 Å². The summed E-state index contributed by atoms with van der Waals surface area (Å²) < 4.78 is 27.1. The maximum Gasteiger partial charge on any atom is 0.243 e. The molecule has 21 heavy (non-hydrogen) atoms. The summed E-state index contributed by atoms with van der Waals surface area (Å²) in [5.41, 5.74) is 2.28. The number of fused-ring (bicyclic) bond motifs is 1. The molecule has 0 fully saturated rings. The number of thiophene rings is 1. The second-order valence-electron chi connectivity index (χ2n) is 5.04. The molecule has 1 N–H and O–H groups in total. The Balaban J connectivity index is 1.91. The molecule has 0 saturated heterocycles. The fraction of sp³-hybridized carbons (Fsp3) is 0.333. The first kappa shape index (κ1) is 14.7. The SMILES string of the molecule is CCN(Cc1cccs1)S(=O)(=O)c1ccc2c(c1)CNC2. The monoisotopic (exact) mass is 322 g/mol. The first-order valence-electron chi connectivity index (χ1n) is 6.96. The maximum atomic E-state index is 12.8. The first-order chi connectivity index (χ1) is 10.1. The largest absolute Gasteiger partial charge is 0.309 e. The number of hydrogen-bond acceptors (Lipinski definition) is 4. The lowest BCUT2D eigenvalue weighted by atomic mass is 10.1. The Morgan fingerprint density at radius 1 is 1.24 bits per heavy atom. The van der Waals surface area contributed by atoms with Crippen molar-refractivity contribution in [3.63, 3.8) is 0 Å². The number of nitrogens with zero attached hydrogens (tertiary/aromatic N) is 1. The fourth-order valence-electron chi connectivity index (χ4n) is 2.52. The van der Waals surface area contributed by atoms with Gasteiger partial charge < -0.3 is 5.32 Å². The lowest BCUT2D eigenvalue weighted by Crippen LogP contribution is -2.30. The molecule has 0 saturated carbocycles. The summed E-state index contributed by atoms with van der Waals surface area (Å²) in [5, 5.41) is 5.21. The van der Waals surface area contributed by atoms with Gasteiger partial charge in [-0.05, 0) is 34.7 Å². The zero-order valence-corrected chi connectivity index (χ0v) is 13.5. The van der Waals surface area contributed by atoms with Crippen LogP contribution in [0.4, 0.5) is 0 Å². The van der Waals surface area contributed by atoms with Crippen LogP contribution in [0, 0.1) is 0 Å². The third-order valence-electron chi connectivity index (χ3n) is 3.71. The highest BCUT2D eigenvalue weighted by atomic mass is 32.2. The van der Waals surface area contributed by atoms with Crippen LogP contribution in [-0.2, 0) is 29.7 Å². The van der Waals surface area contributed by atoms with Gasteiger partial charge in [-0.3, -0.25) is 0 Å². The van der Waals surface area contributed by atoms with Crippen molar-refractivity contribution in [2.24, 2.45) is 0 Å². The Labute approximate surface area is 129 Å². The van der Waals surface area contributed by atoms with Crippen LogP contribution < -0.4 is 5.32 Å². The zero-order chi connectivity index (χ0) is 14.9. The van der Waals surface area contributed by atoms with Crippen molar-refractivity contribution in [2.45, 2.75) is 31.5 Å². The lowest BCUT2D eigenvalue weighted by Gasteiger charge is -2.20. The molecule has 1 aliphatic heterocycles. The smallest absolute Gasteiger partial charge is 0.243 e. The predicted octanol–water partition coefficient (Wildman–Crippen LogP) is 2.56. The van der Waals surface area contributed by atoms with E-state index < -0.39 is 10.0 Å². The van der Waals surface area contributed by atoms with Gasteiger partial charge in [0, 0.05) is 31.1 Å². The quantitative estimate of drug-likeness (QED) is 0.920. The molecule has 6 heteroatoms. The number of benzene rings is 1. The van der Waals surface area contributed by atoms with Gasteiger partial charge in [0.1, 0.15) is 0 Å². The van der Waals surface area contributed by atoms with E-state index in [9.17, 15) is 8.42 Å². The van der Waals surface area contributed by atoms with E-state index in [0.29, 0.717) is 18.0 Å². The molecule has 0 bridgehead atoms. The van der Waals surface area contributed by atoms with Crippen LogP contribution in [0.1, 0.15) is 22.9 Å². The summed E-state index contributed by atoms with van der Waals surface area (Å²) in [6.45, 7) is 4.35. The summed E-state index contributed by atoms with van der Waals surface area (Å²) in [6, 6.07) is 9.36. The van der Waals surface area contributed by atoms with Crippen molar-refractivity contribution in [3.8, 4) is 0 Å². The van der Waals surface area contributed by atoms with Gasteiger partial charge in [0.2, 0.25) is 10.0 Å². The highest BCUT2D eigenvalue weighted by Gasteiger charge is 2.25. The molecule has 2 heterocycles. The molecule has 0 amide bonds. The van der Waals surface area contributed by atoms with E-state index in [1.165, 1.54) is 9.87 Å². The molecule has 112 valence electrons. The topological polar surface area (TPSA) is 49.4 Å². The van der Waals surface area contributed by atoms with E-state index in [1.54, 1.807) is 17.4 Å². The molecule has 4 nitrogen and oxygen atoms in total. The van der Waals surface area contributed by atoms with Crippen LogP contribution in [0.3, 0.4) is 0 Å². The molecule has 0 atom stereocenters. The first-order valence-corrected chi connectivity index (χ1v) is 9.28. The van der Waals surface area contributed by atoms with Crippen molar-refractivity contribution in [1.29, 1.82) is 0 Å². The highest BCUT2D eigenvalue weighted by Crippen LogP contribution is 2.24. The van der Waals surface area contributed by atoms with E-state index in [4.69, 9.17) is 0 Å². The molecule has 2 aromatic rings. The normalized spacial score (nSPS) is 14.6. The Morgan fingerprint density at radius 2 is 2.05 bits per heavy atom. The minimum absolute atomic E-state index is 0.392. The third kappa shape index (κ3) is 2.89. The number of nitrogens with one attached hydrogen (secondary N) is 1. The van der Waals surface area contributed by atoms with Crippen LogP contribution in [0.2, 0.25) is 0 Å². The summed E-state index contributed by atoms with van der Waals surface area (Å²) in [7, 11) is -3.44. The molecular weight excluding hydrogens is 304 g/mol. The standard InChI is InChI=1S/C15H18N2O2S2/c1-2-17(11-14-4-3-7-20-14)21(18,19)15-6-5-12-9-16-10-13(12)8-15/h3-8,16H,2,9-11H2,1H3. The molecule has 0 unspecified atom stereocenters. The molecule has 0 spiro atoms. The molecule has 1 aliphatic rings. The fourth-order valence-corrected chi connectivity index (χ4v) is 4.80. The molecule has 1 aromatic carbocycles. The molecular formula is C15H18N2O2S2. The third-order valence-corrected chi connectivity index (χ3v) is 6.49. The van der Waals surface area contributed by atoms with Crippen molar-refractivity contribution in [3.05, 3.63) is 51.7 Å². The minimum Gasteiger partial charge on any atom is -0.309 e. The minimum atomic E-state index is -3.44. The van der Waals surface area contributed by atoms with Crippen LogP contribution in [-0.4, -0.2) is 19.3 Å². The van der Waals surface area contributed by atoms with Crippen LogP contribution in [0.5, 0.6) is 0 Å². The van der Waals surface area contributed by atoms with Crippen LogP contribution >= 0.6 is 11.3 Å². The van der Waals surface area contributed by atoms with Crippen molar-refractivity contribution in [2.75, 3.05) is 6.54 Å². The summed E-state index contributed by atoms with van der Waals surface area (Å²) in [4.78, 5) is 1.45. The molecule has 3 rings (SSSR count). The Hall–Kier alpha value is -1.21. The van der Waals surface area contributed by atoms with Crippen molar-refractivity contribution in [1.82, 2.24) is 9.62 Å². The Kier molecular flexibility index (Phi) is 4.12. The van der Waals surface area contributed by atoms with Gasteiger partial charge in [-0.2, -0.15) is 4.31 Å². The van der Waals surface area contributed by atoms with Crippen molar-refractivity contribution < 1.29 is 8.42 Å². The molecule has 1 aromatic heterocycles. The Morgan fingerprint density at radius 3 is 2.76 bits per heavy atom. The summed E-state index contributed by atoms with van der Waals surface area (Å²) in [6.07, 6.45) is 0. The second-order valence-corrected chi connectivity index (χ2v) is 8.01. The van der Waals surface area contributed by atoms with Gasteiger partial charge in [0.15, 0.2) is 0 Å². The van der Waals surface area contributed by atoms with Gasteiger partial charge in [0.05, 0.1) is 4.90 Å². The average Bonchev–Trinajstić information content (AvgIpc) is 3.14. The van der Waals surface area contributed by atoms with E-state index in [0.717, 1.165) is 23.5 Å². The van der Waals surface area contributed by atoms with Crippen LogP contribution in [0.15, 0.2) is 40.6 Å². The molecule has 0 aliphatic carbocycles. The lowest BCUT2D eigenvalue weighted by molar-refractivity contribution is 0.426. The Bertz CT molecular complexity index is 724. The van der Waals surface area contributed by atoms with Gasteiger partial charge in [-0.1, -0.05) is 19.1 Å². The van der Waals surface area contributed by atoms with E-state index in [2.05, 4.69) is 5.32 Å². The van der Waals surface area contributed by atoms with Gasteiger partial charge in [0.25, 0.3) is 0 Å². The van der Waals surface area contributed by atoms with Gasteiger partial charge in [-0.15, -0.1) is 11.3 Å². The highest BCUT2D eigenvalue weighted by molar-refractivity contribution is 7.89. The second kappa shape index (κ2) is 5.88. The zero-order valence-electron chi connectivity index (χ0n) is 11.9. The molecule has 0 radical (unpaired) electrons. The number of rotatable bonds is 5. The van der Waals surface area contributed by atoms with E-state index in [1.807, 2.05) is 36.6 Å². The van der Waals surface area contributed by atoms with Crippen LogP contribution in [0.25, 0.3) is 0 Å². The summed E-state index contributed by atoms with van der Waals surface area (Å²) in [5.74, 6) is 0. The van der Waals surface area contributed by atoms with Gasteiger partial charge in [-0.25, -0.2) is 8.42 Å². The van der Waals surface area contributed by atoms with E-state index in [-0.39, 0.29) is 0 Å². The average molecular weight is 322 g/mol. The van der Waals surface area contributed by atoms with E-state index >= 15 is 0 Å². The van der Waals surface area contributed by atoms with Gasteiger partial charge >= 0.3 is 0 Å². The summed E-state index contributed by atoms with van der Waals surface area (Å²) >= 11 is 1.58. The predicted molar refractivity (Wildman–Crippen MR) is 84.6 cm³/mol.